The third-order valence-corrected chi connectivity index (χ3v) is 2.13. The van der Waals surface area contributed by atoms with Crippen LogP contribution in [0.2, 0.25) is 0 Å². The summed E-state index contributed by atoms with van der Waals surface area (Å²) >= 11 is 0. The molecule has 0 spiro atoms. The minimum Gasteiger partial charge on any atom is -0.477 e. The molecule has 0 aliphatic heterocycles. The Balaban J connectivity index is 3.44. The second-order valence-corrected chi connectivity index (χ2v) is 3.33. The monoisotopic (exact) mass is 263 g/mol. The van der Waals surface area contributed by atoms with Crippen LogP contribution in [-0.4, -0.2) is 17.6 Å². The fourth-order valence-electron chi connectivity index (χ4n) is 1.28. The van der Waals surface area contributed by atoms with E-state index >= 15 is 0 Å². The highest BCUT2D eigenvalue weighted by Gasteiger charge is 2.27. The fourth-order valence-corrected chi connectivity index (χ4v) is 1.28. The van der Waals surface area contributed by atoms with Gasteiger partial charge in [-0.25, -0.2) is 22.4 Å². The molecule has 0 aromatic heterocycles. The predicted octanol–water partition coefficient (Wildman–Crippen LogP) is 2.30. The number of nitrogens with two attached hydrogens (primary N) is 1. The van der Waals surface area contributed by atoms with Gasteiger partial charge in [-0.15, -0.1) is 0 Å². The number of aromatic carboxylic acids is 1. The lowest BCUT2D eigenvalue weighted by molar-refractivity contribution is 0.0683. The van der Waals surface area contributed by atoms with Crippen LogP contribution in [0.4, 0.5) is 17.6 Å². The Kier molecular flexibility index (Phi) is 4.43. The van der Waals surface area contributed by atoms with Gasteiger partial charge < -0.3 is 10.8 Å². The minimum absolute atomic E-state index is 0.192. The standard InChI is InChI=1S/C11H9F4NO2/c12-7-5(3-1-2-4-16)8(13)10(15)6(9(7)14)11(17)18/h1,3H,2,4,16H2,(H,17,18). The molecule has 18 heavy (non-hydrogen) atoms. The average Bonchev–Trinajstić information content (AvgIpc) is 2.31. The van der Waals surface area contributed by atoms with Gasteiger partial charge in [0, 0.05) is 0 Å². The van der Waals surface area contributed by atoms with Crippen molar-refractivity contribution in [2.75, 3.05) is 6.54 Å². The van der Waals surface area contributed by atoms with Crippen molar-refractivity contribution in [3.8, 4) is 0 Å². The van der Waals surface area contributed by atoms with Crippen molar-refractivity contribution in [2.45, 2.75) is 6.42 Å². The number of hydrogen-bond donors (Lipinski definition) is 2. The van der Waals surface area contributed by atoms with E-state index in [1.165, 1.54) is 6.08 Å². The lowest BCUT2D eigenvalue weighted by Crippen LogP contribution is -2.11. The number of carboxylic acids is 1. The van der Waals surface area contributed by atoms with E-state index in [2.05, 4.69) is 0 Å². The summed E-state index contributed by atoms with van der Waals surface area (Å²) in [5, 5.41) is 8.45. The molecule has 0 aliphatic rings. The zero-order chi connectivity index (χ0) is 13.9. The van der Waals surface area contributed by atoms with Crippen LogP contribution in [-0.2, 0) is 0 Å². The fraction of sp³-hybridized carbons (Fsp3) is 0.182. The Labute approximate surface area is 99.5 Å². The van der Waals surface area contributed by atoms with Crippen molar-refractivity contribution in [3.05, 3.63) is 40.5 Å². The van der Waals surface area contributed by atoms with E-state index in [0.29, 0.717) is 0 Å². The van der Waals surface area contributed by atoms with Crippen LogP contribution < -0.4 is 5.73 Å². The van der Waals surface area contributed by atoms with Gasteiger partial charge >= 0.3 is 5.97 Å². The summed E-state index contributed by atoms with van der Waals surface area (Å²) in [5.41, 5.74) is 2.51. The summed E-state index contributed by atoms with van der Waals surface area (Å²) in [6.45, 7) is 0.192. The van der Waals surface area contributed by atoms with Crippen LogP contribution in [0.25, 0.3) is 6.08 Å². The zero-order valence-electron chi connectivity index (χ0n) is 9.01. The van der Waals surface area contributed by atoms with Gasteiger partial charge in [-0.2, -0.15) is 0 Å². The summed E-state index contributed by atoms with van der Waals surface area (Å²) in [7, 11) is 0. The normalized spacial score (nSPS) is 11.2. The van der Waals surface area contributed by atoms with Crippen molar-refractivity contribution in [1.82, 2.24) is 0 Å². The van der Waals surface area contributed by atoms with Crippen molar-refractivity contribution < 1.29 is 27.5 Å². The molecule has 0 atom stereocenters. The minimum atomic E-state index is -2.08. The molecule has 0 saturated carbocycles. The molecule has 0 amide bonds. The van der Waals surface area contributed by atoms with Gasteiger partial charge in [-0.05, 0) is 13.0 Å². The van der Waals surface area contributed by atoms with E-state index in [1.54, 1.807) is 0 Å². The molecule has 1 aromatic rings. The molecular weight excluding hydrogens is 254 g/mol. The number of hydrogen-bond acceptors (Lipinski definition) is 2. The maximum absolute atomic E-state index is 13.4. The van der Waals surface area contributed by atoms with Gasteiger partial charge in [0.15, 0.2) is 23.3 Å². The molecule has 0 radical (unpaired) electrons. The molecule has 0 aliphatic carbocycles. The Bertz CT molecular complexity index is 485. The summed E-state index contributed by atoms with van der Waals surface area (Å²) < 4.78 is 53.2. The summed E-state index contributed by atoms with van der Waals surface area (Å²) in [5.74, 6) is -9.46. The first-order valence-electron chi connectivity index (χ1n) is 4.87. The molecule has 1 rings (SSSR count). The third-order valence-electron chi connectivity index (χ3n) is 2.13. The van der Waals surface area contributed by atoms with Crippen LogP contribution in [0.1, 0.15) is 22.3 Å². The zero-order valence-corrected chi connectivity index (χ0v) is 9.01. The van der Waals surface area contributed by atoms with Crippen LogP contribution in [0.15, 0.2) is 6.08 Å². The van der Waals surface area contributed by atoms with Gasteiger partial charge in [0.25, 0.3) is 0 Å². The molecule has 0 heterocycles. The Hall–Kier alpha value is -1.89. The van der Waals surface area contributed by atoms with E-state index in [1.807, 2.05) is 0 Å². The molecule has 3 N–H and O–H groups in total. The molecular formula is C11H9F4NO2. The Morgan fingerprint density at radius 1 is 1.11 bits per heavy atom. The first-order valence-corrected chi connectivity index (χ1v) is 4.87. The van der Waals surface area contributed by atoms with Gasteiger partial charge in [0.05, 0.1) is 5.56 Å². The highest BCUT2D eigenvalue weighted by molar-refractivity contribution is 5.88. The van der Waals surface area contributed by atoms with E-state index in [4.69, 9.17) is 10.8 Å². The van der Waals surface area contributed by atoms with Gasteiger partial charge in [-0.1, -0.05) is 12.2 Å². The highest BCUT2D eigenvalue weighted by Crippen LogP contribution is 2.25. The largest absolute Gasteiger partial charge is 0.477 e. The first kappa shape index (κ1) is 14.2. The van der Waals surface area contributed by atoms with Crippen LogP contribution >= 0.6 is 0 Å². The summed E-state index contributed by atoms with van der Waals surface area (Å²) in [4.78, 5) is 10.5. The third kappa shape index (κ3) is 2.51. The molecule has 3 nitrogen and oxygen atoms in total. The summed E-state index contributed by atoms with van der Waals surface area (Å²) in [6.07, 6.45) is 2.29. The molecule has 98 valence electrons. The van der Waals surface area contributed by atoms with Crippen LogP contribution in [0, 0.1) is 23.3 Å². The molecule has 0 unspecified atom stereocenters. The summed E-state index contributed by atoms with van der Waals surface area (Å²) in [6, 6.07) is 0. The number of benzene rings is 1. The Morgan fingerprint density at radius 2 is 1.61 bits per heavy atom. The SMILES string of the molecule is NCCC=Cc1c(F)c(F)c(C(=O)O)c(F)c1F. The smallest absolute Gasteiger partial charge is 0.341 e. The van der Waals surface area contributed by atoms with E-state index in [-0.39, 0.29) is 13.0 Å². The maximum Gasteiger partial charge on any atom is 0.341 e. The van der Waals surface area contributed by atoms with Crippen LogP contribution in [0.3, 0.4) is 0 Å². The van der Waals surface area contributed by atoms with Gasteiger partial charge in [0.1, 0.15) is 5.56 Å². The van der Waals surface area contributed by atoms with E-state index in [0.717, 1.165) is 6.08 Å². The average molecular weight is 263 g/mol. The number of rotatable bonds is 4. The quantitative estimate of drug-likeness (QED) is 0.647. The molecule has 0 bridgehead atoms. The Morgan fingerprint density at radius 3 is 2.00 bits per heavy atom. The van der Waals surface area contributed by atoms with Gasteiger partial charge in [-0.3, -0.25) is 0 Å². The molecule has 0 saturated heterocycles. The number of carboxylic acid groups (broad SMARTS) is 1. The van der Waals surface area contributed by atoms with Crippen molar-refractivity contribution >= 4 is 12.0 Å². The van der Waals surface area contributed by atoms with E-state index in [9.17, 15) is 22.4 Å². The molecule has 1 aromatic carbocycles. The molecule has 0 fully saturated rings. The highest BCUT2D eigenvalue weighted by atomic mass is 19.2. The molecule has 7 heteroatoms. The first-order chi connectivity index (χ1) is 8.41. The maximum atomic E-state index is 13.4. The van der Waals surface area contributed by atoms with Crippen molar-refractivity contribution in [2.24, 2.45) is 5.73 Å². The van der Waals surface area contributed by atoms with Crippen LogP contribution in [0.5, 0.6) is 0 Å². The number of carbonyl (C=O) groups is 1. The predicted molar refractivity (Wildman–Crippen MR) is 55.9 cm³/mol. The topological polar surface area (TPSA) is 63.3 Å². The second kappa shape index (κ2) is 5.63. The second-order valence-electron chi connectivity index (χ2n) is 3.33. The van der Waals surface area contributed by atoms with Gasteiger partial charge in [0.2, 0.25) is 0 Å². The lowest BCUT2D eigenvalue weighted by Gasteiger charge is -2.06. The lowest BCUT2D eigenvalue weighted by atomic mass is 10.1. The van der Waals surface area contributed by atoms with E-state index < -0.39 is 40.4 Å². The van der Waals surface area contributed by atoms with Crippen molar-refractivity contribution in [1.29, 1.82) is 0 Å². The number of halogens is 4. The van der Waals surface area contributed by atoms with Crippen molar-refractivity contribution in [3.63, 3.8) is 0 Å².